The molecule has 1 aliphatic rings. The van der Waals surface area contributed by atoms with Gasteiger partial charge in [0.25, 0.3) is 0 Å². The lowest BCUT2D eigenvalue weighted by Gasteiger charge is -2.30. The van der Waals surface area contributed by atoms with Crippen LogP contribution in [0.2, 0.25) is 0 Å². The Hall–Kier alpha value is -1.92. The molecule has 138 valence electrons. The van der Waals surface area contributed by atoms with Gasteiger partial charge in [-0.2, -0.15) is 0 Å². The Kier molecular flexibility index (Phi) is 7.40. The van der Waals surface area contributed by atoms with E-state index in [1.165, 1.54) is 6.92 Å². The summed E-state index contributed by atoms with van der Waals surface area (Å²) in [7, 11) is 1.57. The van der Waals surface area contributed by atoms with Crippen LogP contribution < -0.4 is 10.1 Å². The fourth-order valence-corrected chi connectivity index (χ4v) is 2.96. The lowest BCUT2D eigenvalue weighted by Crippen LogP contribution is -2.47. The van der Waals surface area contributed by atoms with Crippen molar-refractivity contribution in [3.63, 3.8) is 0 Å². The molecular weight excluding hydrogens is 320 g/mol. The largest absolute Gasteiger partial charge is 0.496 e. The van der Waals surface area contributed by atoms with Crippen LogP contribution in [0.1, 0.15) is 36.2 Å². The van der Waals surface area contributed by atoms with Crippen LogP contribution in [-0.2, 0) is 16.0 Å². The van der Waals surface area contributed by atoms with Gasteiger partial charge in [0.1, 0.15) is 5.75 Å². The Morgan fingerprint density at radius 1 is 1.32 bits per heavy atom. The molecule has 0 unspecified atom stereocenters. The Morgan fingerprint density at radius 2 is 2.04 bits per heavy atom. The number of ketones is 1. The van der Waals surface area contributed by atoms with Crippen LogP contribution in [0.25, 0.3) is 0 Å². The van der Waals surface area contributed by atoms with Crippen molar-refractivity contribution < 1.29 is 19.1 Å². The number of morpholine rings is 1. The van der Waals surface area contributed by atoms with Gasteiger partial charge in [0.2, 0.25) is 5.91 Å². The number of ether oxygens (including phenoxy) is 2. The molecule has 1 aromatic rings. The summed E-state index contributed by atoms with van der Waals surface area (Å²) in [6.07, 6.45) is 1.07. The molecule has 0 bridgehead atoms. The maximum absolute atomic E-state index is 12.5. The average molecular weight is 348 g/mol. The number of carbonyl (C=O) groups excluding carboxylic acids is 2. The number of hydrogen-bond donors (Lipinski definition) is 1. The van der Waals surface area contributed by atoms with Crippen LogP contribution in [0.3, 0.4) is 0 Å². The van der Waals surface area contributed by atoms with E-state index in [1.54, 1.807) is 25.3 Å². The van der Waals surface area contributed by atoms with E-state index in [9.17, 15) is 9.59 Å². The predicted octanol–water partition coefficient (Wildman–Crippen LogP) is 1.67. The van der Waals surface area contributed by atoms with Crippen molar-refractivity contribution in [1.29, 1.82) is 0 Å². The van der Waals surface area contributed by atoms with E-state index in [0.29, 0.717) is 11.3 Å². The smallest absolute Gasteiger partial charge is 0.224 e. The SMILES string of the molecule is CC[C@H](CN1CCOCC1)NC(=O)Cc1cc(C(C)=O)ccc1OC. The van der Waals surface area contributed by atoms with Gasteiger partial charge in [-0.1, -0.05) is 6.92 Å². The van der Waals surface area contributed by atoms with Crippen LogP contribution in [0, 0.1) is 0 Å². The van der Waals surface area contributed by atoms with Gasteiger partial charge in [-0.25, -0.2) is 0 Å². The summed E-state index contributed by atoms with van der Waals surface area (Å²) in [5.41, 5.74) is 1.32. The van der Waals surface area contributed by atoms with Gasteiger partial charge in [0, 0.05) is 36.8 Å². The highest BCUT2D eigenvalue weighted by molar-refractivity contribution is 5.94. The van der Waals surface area contributed by atoms with E-state index in [1.807, 2.05) is 0 Å². The number of Topliss-reactive ketones (excluding diaryl/α,β-unsaturated/α-hetero) is 1. The first-order valence-electron chi connectivity index (χ1n) is 8.80. The van der Waals surface area contributed by atoms with Crippen molar-refractivity contribution in [1.82, 2.24) is 10.2 Å². The third-order valence-electron chi connectivity index (χ3n) is 4.48. The summed E-state index contributed by atoms with van der Waals surface area (Å²) < 4.78 is 10.7. The molecule has 2 rings (SSSR count). The fourth-order valence-electron chi connectivity index (χ4n) is 2.96. The third-order valence-corrected chi connectivity index (χ3v) is 4.48. The number of benzene rings is 1. The first-order valence-corrected chi connectivity index (χ1v) is 8.80. The molecule has 0 aliphatic carbocycles. The molecule has 1 atom stereocenters. The zero-order valence-corrected chi connectivity index (χ0v) is 15.3. The van der Waals surface area contributed by atoms with Crippen LogP contribution in [0.15, 0.2) is 18.2 Å². The average Bonchev–Trinajstić information content (AvgIpc) is 2.61. The van der Waals surface area contributed by atoms with Crippen molar-refractivity contribution in [2.24, 2.45) is 0 Å². The van der Waals surface area contributed by atoms with Crippen LogP contribution in [0.4, 0.5) is 0 Å². The zero-order chi connectivity index (χ0) is 18.2. The first-order chi connectivity index (χ1) is 12.0. The molecule has 25 heavy (non-hydrogen) atoms. The lowest BCUT2D eigenvalue weighted by atomic mass is 10.0. The van der Waals surface area contributed by atoms with Crippen molar-refractivity contribution >= 4 is 11.7 Å². The van der Waals surface area contributed by atoms with Crippen LogP contribution >= 0.6 is 0 Å². The molecule has 1 saturated heterocycles. The van der Waals surface area contributed by atoms with Gasteiger partial charge in [-0.3, -0.25) is 14.5 Å². The molecule has 6 nitrogen and oxygen atoms in total. The Bertz CT molecular complexity index is 597. The van der Waals surface area contributed by atoms with E-state index in [4.69, 9.17) is 9.47 Å². The molecule has 1 aliphatic heterocycles. The van der Waals surface area contributed by atoms with Gasteiger partial charge in [-0.05, 0) is 31.5 Å². The number of nitrogens with one attached hydrogen (secondary N) is 1. The normalized spacial score (nSPS) is 16.3. The van der Waals surface area contributed by atoms with Crippen molar-refractivity contribution in [3.05, 3.63) is 29.3 Å². The predicted molar refractivity (Wildman–Crippen MR) is 96.2 cm³/mol. The highest BCUT2D eigenvalue weighted by Gasteiger charge is 2.18. The van der Waals surface area contributed by atoms with E-state index in [2.05, 4.69) is 17.1 Å². The highest BCUT2D eigenvalue weighted by atomic mass is 16.5. The quantitative estimate of drug-likeness (QED) is 0.724. The number of methoxy groups -OCH3 is 1. The van der Waals surface area contributed by atoms with Gasteiger partial charge >= 0.3 is 0 Å². The summed E-state index contributed by atoms with van der Waals surface area (Å²) in [5, 5.41) is 3.10. The standard InChI is InChI=1S/C19H28N2O4/c1-4-17(13-21-7-9-25-10-8-21)20-19(23)12-16-11-15(14(2)22)5-6-18(16)24-3/h5-6,11,17H,4,7-10,12-13H2,1-3H3,(H,20,23)/t17-/m1/s1. The van der Waals surface area contributed by atoms with Crippen LogP contribution in [-0.4, -0.2) is 62.6 Å². The lowest BCUT2D eigenvalue weighted by molar-refractivity contribution is -0.121. The van der Waals surface area contributed by atoms with E-state index < -0.39 is 0 Å². The Morgan fingerprint density at radius 3 is 2.64 bits per heavy atom. The molecule has 0 spiro atoms. The highest BCUT2D eigenvalue weighted by Crippen LogP contribution is 2.21. The Labute approximate surface area is 149 Å². The topological polar surface area (TPSA) is 67.9 Å². The van der Waals surface area contributed by atoms with Gasteiger partial charge < -0.3 is 14.8 Å². The number of hydrogen-bond acceptors (Lipinski definition) is 5. The number of amides is 1. The molecule has 1 N–H and O–H groups in total. The molecule has 6 heteroatoms. The molecule has 0 radical (unpaired) electrons. The zero-order valence-electron chi connectivity index (χ0n) is 15.3. The second-order valence-corrected chi connectivity index (χ2v) is 6.35. The second-order valence-electron chi connectivity index (χ2n) is 6.35. The molecule has 0 saturated carbocycles. The van der Waals surface area contributed by atoms with Crippen molar-refractivity contribution in [2.75, 3.05) is 40.0 Å². The molecule has 1 fully saturated rings. The summed E-state index contributed by atoms with van der Waals surface area (Å²) in [5.74, 6) is 0.545. The minimum atomic E-state index is -0.0564. The maximum atomic E-state index is 12.5. The summed E-state index contributed by atoms with van der Waals surface area (Å²) in [4.78, 5) is 26.4. The summed E-state index contributed by atoms with van der Waals surface area (Å²) in [6, 6.07) is 5.30. The van der Waals surface area contributed by atoms with Crippen molar-refractivity contribution in [3.8, 4) is 5.75 Å². The van der Waals surface area contributed by atoms with Crippen LogP contribution in [0.5, 0.6) is 5.75 Å². The van der Waals surface area contributed by atoms with E-state index >= 15 is 0 Å². The summed E-state index contributed by atoms with van der Waals surface area (Å²) >= 11 is 0. The van der Waals surface area contributed by atoms with Gasteiger partial charge in [0.15, 0.2) is 5.78 Å². The van der Waals surface area contributed by atoms with Crippen molar-refractivity contribution in [2.45, 2.75) is 32.7 Å². The van der Waals surface area contributed by atoms with E-state index in [0.717, 1.165) is 44.8 Å². The molecule has 0 aromatic heterocycles. The minimum Gasteiger partial charge on any atom is -0.496 e. The molecular formula is C19H28N2O4. The molecule has 1 amide bonds. The van der Waals surface area contributed by atoms with Gasteiger partial charge in [0.05, 0.1) is 26.7 Å². The molecule has 1 heterocycles. The van der Waals surface area contributed by atoms with Gasteiger partial charge in [-0.15, -0.1) is 0 Å². The Balaban J connectivity index is 1.97. The number of rotatable bonds is 8. The maximum Gasteiger partial charge on any atom is 0.224 e. The van der Waals surface area contributed by atoms with E-state index in [-0.39, 0.29) is 24.2 Å². The second kappa shape index (κ2) is 9.53. The number of carbonyl (C=O) groups is 2. The monoisotopic (exact) mass is 348 g/mol. The summed E-state index contributed by atoms with van der Waals surface area (Å²) in [6.45, 7) is 7.72. The number of nitrogens with zero attached hydrogens (tertiary/aromatic N) is 1. The minimum absolute atomic E-state index is 0.0249. The third kappa shape index (κ3) is 5.83. The fraction of sp³-hybridized carbons (Fsp3) is 0.579. The molecule has 1 aromatic carbocycles. The first kappa shape index (κ1) is 19.4.